The molecule has 2 rings (SSSR count). The average Bonchev–Trinajstić information content (AvgIpc) is 2.87. The van der Waals surface area contributed by atoms with Gasteiger partial charge >= 0.3 is 5.88 Å². The van der Waals surface area contributed by atoms with Crippen LogP contribution in [-0.2, 0) is 6.54 Å². The van der Waals surface area contributed by atoms with Gasteiger partial charge in [-0.05, 0) is 30.7 Å². The molecule has 0 bridgehead atoms. The Morgan fingerprint density at radius 3 is 2.84 bits per heavy atom. The van der Waals surface area contributed by atoms with E-state index in [0.717, 1.165) is 11.3 Å². The molecule has 6 heteroatoms. The Kier molecular flexibility index (Phi) is 3.48. The summed E-state index contributed by atoms with van der Waals surface area (Å²) in [4.78, 5) is 9.90. The van der Waals surface area contributed by atoms with E-state index in [1.807, 2.05) is 13.0 Å². The van der Waals surface area contributed by atoms with Crippen molar-refractivity contribution in [1.82, 2.24) is 0 Å². The van der Waals surface area contributed by atoms with Crippen molar-refractivity contribution in [2.75, 3.05) is 5.32 Å². The van der Waals surface area contributed by atoms with Gasteiger partial charge in [0.15, 0.2) is 0 Å². The summed E-state index contributed by atoms with van der Waals surface area (Å²) >= 11 is 0. The van der Waals surface area contributed by atoms with E-state index < -0.39 is 4.92 Å². The molecule has 1 aromatic heterocycles. The first-order chi connectivity index (χ1) is 9.10. The van der Waals surface area contributed by atoms with Crippen molar-refractivity contribution < 1.29 is 9.34 Å². The fourth-order valence-electron chi connectivity index (χ4n) is 1.62. The maximum atomic E-state index is 10.5. The van der Waals surface area contributed by atoms with Crippen LogP contribution in [0.3, 0.4) is 0 Å². The first-order valence-corrected chi connectivity index (χ1v) is 5.58. The molecule has 1 N–H and O–H groups in total. The quantitative estimate of drug-likeness (QED) is 0.671. The summed E-state index contributed by atoms with van der Waals surface area (Å²) in [6.45, 7) is 2.23. The lowest BCUT2D eigenvalue weighted by Crippen LogP contribution is -2.00. The van der Waals surface area contributed by atoms with Crippen molar-refractivity contribution in [3.05, 3.63) is 57.3 Å². The molecule has 96 valence electrons. The summed E-state index contributed by atoms with van der Waals surface area (Å²) in [5.74, 6) is 0.188. The van der Waals surface area contributed by atoms with Gasteiger partial charge in [-0.15, -0.1) is 0 Å². The van der Waals surface area contributed by atoms with E-state index >= 15 is 0 Å². The van der Waals surface area contributed by atoms with Crippen LogP contribution in [0, 0.1) is 28.4 Å². The molecule has 2 aromatic rings. The zero-order valence-corrected chi connectivity index (χ0v) is 10.2. The normalized spacial score (nSPS) is 9.89. The molecule has 6 nitrogen and oxygen atoms in total. The van der Waals surface area contributed by atoms with Crippen LogP contribution in [-0.4, -0.2) is 4.92 Å². The van der Waals surface area contributed by atoms with Crippen molar-refractivity contribution in [3.8, 4) is 6.07 Å². The van der Waals surface area contributed by atoms with Crippen LogP contribution in [0.2, 0.25) is 0 Å². The Morgan fingerprint density at radius 1 is 1.42 bits per heavy atom. The fourth-order valence-corrected chi connectivity index (χ4v) is 1.62. The van der Waals surface area contributed by atoms with Gasteiger partial charge in [-0.2, -0.15) is 5.26 Å². The first-order valence-electron chi connectivity index (χ1n) is 5.58. The van der Waals surface area contributed by atoms with Gasteiger partial charge in [0, 0.05) is 5.69 Å². The molecule has 1 aromatic carbocycles. The van der Waals surface area contributed by atoms with Gasteiger partial charge in [-0.25, -0.2) is 0 Å². The second-order valence-corrected chi connectivity index (χ2v) is 3.99. The van der Waals surface area contributed by atoms with Crippen molar-refractivity contribution >= 4 is 11.6 Å². The highest BCUT2D eigenvalue weighted by Crippen LogP contribution is 2.20. The van der Waals surface area contributed by atoms with Crippen LogP contribution in [0.15, 0.2) is 34.7 Å². The van der Waals surface area contributed by atoms with Gasteiger partial charge in [0.05, 0.1) is 24.2 Å². The zero-order chi connectivity index (χ0) is 13.8. The number of nitrogens with zero attached hydrogens (tertiary/aromatic N) is 2. The number of hydrogen-bond donors (Lipinski definition) is 1. The summed E-state index contributed by atoms with van der Waals surface area (Å²) in [6, 6.07) is 10.2. The third-order valence-corrected chi connectivity index (χ3v) is 2.65. The van der Waals surface area contributed by atoms with Crippen LogP contribution in [0.25, 0.3) is 0 Å². The molecule has 0 saturated heterocycles. The minimum absolute atomic E-state index is 0.278. The smallest absolute Gasteiger partial charge is 0.404 e. The van der Waals surface area contributed by atoms with Crippen LogP contribution in [0.5, 0.6) is 0 Å². The molecular formula is C13H11N3O3. The number of hydrogen-bond acceptors (Lipinski definition) is 5. The molecule has 0 fully saturated rings. The minimum Gasteiger partial charge on any atom is -0.404 e. The van der Waals surface area contributed by atoms with Gasteiger partial charge in [0.1, 0.15) is 10.7 Å². The Balaban J connectivity index is 2.09. The topological polar surface area (TPSA) is 92.1 Å². The largest absolute Gasteiger partial charge is 0.433 e. The summed E-state index contributed by atoms with van der Waals surface area (Å²) in [5, 5.41) is 22.4. The van der Waals surface area contributed by atoms with Crippen LogP contribution in [0.4, 0.5) is 11.6 Å². The van der Waals surface area contributed by atoms with Gasteiger partial charge in [0.2, 0.25) is 0 Å². The van der Waals surface area contributed by atoms with Gasteiger partial charge < -0.3 is 9.73 Å². The third kappa shape index (κ3) is 2.90. The number of nitro groups is 1. The van der Waals surface area contributed by atoms with Crippen LogP contribution >= 0.6 is 0 Å². The fraction of sp³-hybridized carbons (Fsp3) is 0.154. The number of furan rings is 1. The molecule has 0 unspecified atom stereocenters. The molecule has 0 aliphatic rings. The number of anilines is 1. The van der Waals surface area contributed by atoms with E-state index in [1.165, 1.54) is 6.07 Å². The lowest BCUT2D eigenvalue weighted by molar-refractivity contribution is -0.402. The van der Waals surface area contributed by atoms with E-state index in [2.05, 4.69) is 11.4 Å². The van der Waals surface area contributed by atoms with Crippen LogP contribution < -0.4 is 5.32 Å². The highest BCUT2D eigenvalue weighted by Gasteiger charge is 2.11. The van der Waals surface area contributed by atoms with Crippen molar-refractivity contribution in [2.24, 2.45) is 0 Å². The summed E-state index contributed by atoms with van der Waals surface area (Å²) in [7, 11) is 0. The van der Waals surface area contributed by atoms with E-state index in [9.17, 15) is 10.1 Å². The maximum Gasteiger partial charge on any atom is 0.433 e. The standard InChI is InChI=1S/C13H11N3O3/c1-9-2-3-10(7-14)6-12(9)15-8-11-4-5-13(19-11)16(17)18/h2-6,15H,8H2,1H3. The lowest BCUT2D eigenvalue weighted by atomic mass is 10.1. The second-order valence-electron chi connectivity index (χ2n) is 3.99. The number of nitrogens with one attached hydrogen (secondary N) is 1. The SMILES string of the molecule is Cc1ccc(C#N)cc1NCc1ccc([N+](=O)[O-])o1. The number of benzene rings is 1. The van der Waals surface area contributed by atoms with E-state index in [1.54, 1.807) is 18.2 Å². The van der Waals surface area contributed by atoms with E-state index in [0.29, 0.717) is 17.9 Å². The highest BCUT2D eigenvalue weighted by molar-refractivity contribution is 5.55. The predicted octanol–water partition coefficient (Wildman–Crippen LogP) is 2.98. The lowest BCUT2D eigenvalue weighted by Gasteiger charge is -2.08. The molecule has 1 heterocycles. The molecule has 0 spiro atoms. The Hall–Kier alpha value is -2.81. The Bertz CT molecular complexity index is 655. The average molecular weight is 257 g/mol. The molecular weight excluding hydrogens is 246 g/mol. The molecule has 0 aliphatic carbocycles. The minimum atomic E-state index is -0.578. The number of nitriles is 1. The summed E-state index contributed by atoms with van der Waals surface area (Å²) < 4.78 is 5.04. The zero-order valence-electron chi connectivity index (χ0n) is 10.2. The molecule has 0 atom stereocenters. The molecule has 0 radical (unpaired) electrons. The molecule has 19 heavy (non-hydrogen) atoms. The van der Waals surface area contributed by atoms with Gasteiger partial charge in [-0.1, -0.05) is 6.07 Å². The van der Waals surface area contributed by atoms with Crippen LogP contribution in [0.1, 0.15) is 16.9 Å². The summed E-state index contributed by atoms with van der Waals surface area (Å²) in [5.41, 5.74) is 2.34. The third-order valence-electron chi connectivity index (χ3n) is 2.65. The second kappa shape index (κ2) is 5.23. The molecule has 0 aliphatic heterocycles. The Labute approximate surface area is 109 Å². The summed E-state index contributed by atoms with van der Waals surface area (Å²) in [6.07, 6.45) is 0. The maximum absolute atomic E-state index is 10.5. The van der Waals surface area contributed by atoms with Crippen molar-refractivity contribution in [1.29, 1.82) is 5.26 Å². The number of aryl methyl sites for hydroxylation is 1. The van der Waals surface area contributed by atoms with Crippen molar-refractivity contribution in [3.63, 3.8) is 0 Å². The highest BCUT2D eigenvalue weighted by atomic mass is 16.6. The van der Waals surface area contributed by atoms with E-state index in [4.69, 9.17) is 9.68 Å². The molecule has 0 amide bonds. The van der Waals surface area contributed by atoms with Gasteiger partial charge in [0.25, 0.3) is 0 Å². The number of rotatable bonds is 4. The first kappa shape index (κ1) is 12.6. The van der Waals surface area contributed by atoms with Gasteiger partial charge in [-0.3, -0.25) is 10.1 Å². The van der Waals surface area contributed by atoms with E-state index in [-0.39, 0.29) is 5.88 Å². The monoisotopic (exact) mass is 257 g/mol. The Morgan fingerprint density at radius 2 is 2.21 bits per heavy atom. The van der Waals surface area contributed by atoms with Crippen molar-refractivity contribution in [2.45, 2.75) is 13.5 Å². The molecule has 0 saturated carbocycles. The predicted molar refractivity (Wildman–Crippen MR) is 68.6 cm³/mol.